The number of benzene rings is 2. The molecule has 2 aromatic rings. The van der Waals surface area contributed by atoms with Crippen LogP contribution in [0, 0.1) is 10.8 Å². The fourth-order valence-corrected chi connectivity index (χ4v) is 5.40. The Labute approximate surface area is 212 Å². The van der Waals surface area contributed by atoms with Crippen molar-refractivity contribution in [3.05, 3.63) is 70.3 Å². The first-order valence-electron chi connectivity index (χ1n) is 12.0. The summed E-state index contributed by atoms with van der Waals surface area (Å²) in [4.78, 5) is 16.2. The average Bonchev–Trinajstić information content (AvgIpc) is 3.34. The molecule has 2 fully saturated rings. The molecule has 0 saturated carbocycles. The highest BCUT2D eigenvalue weighted by atomic mass is 32.2. The number of carbonyl (C=O) groups is 1. The van der Waals surface area contributed by atoms with E-state index in [1.54, 1.807) is 29.3 Å². The molecule has 0 spiro atoms. The Bertz CT molecular complexity index is 1110. The van der Waals surface area contributed by atoms with Crippen LogP contribution in [0.1, 0.15) is 50.8 Å². The highest BCUT2D eigenvalue weighted by molar-refractivity contribution is 8.03. The van der Waals surface area contributed by atoms with E-state index in [1.165, 1.54) is 30.2 Å². The van der Waals surface area contributed by atoms with Crippen molar-refractivity contribution in [2.24, 2.45) is 5.41 Å². The van der Waals surface area contributed by atoms with Gasteiger partial charge in [0.25, 0.3) is 5.91 Å². The number of likely N-dealkylation sites (tertiary alicyclic amines) is 1. The van der Waals surface area contributed by atoms with Crippen molar-refractivity contribution in [3.8, 4) is 5.75 Å². The van der Waals surface area contributed by atoms with Crippen LogP contribution in [0.3, 0.4) is 0 Å². The van der Waals surface area contributed by atoms with Crippen LogP contribution in [0.2, 0.25) is 0 Å². The number of nitrogens with zero attached hydrogens (tertiary/aromatic N) is 2. The molecule has 0 aliphatic carbocycles. The standard InChI is InChI=1S/C27H35N5O2S/c1-27(2,3)17-32-24(28)23(25(34)30-32)26(35-21-13-11-20(33)12-14-21)29-16-18-7-9-19(10-8-18)22-6-5-15-31(22)4/h7-14,22,28-29,33H,5-6,15-17H2,1-4H3,(H,30,34)/b26-23-,28-24?. The number of aromatic hydroxyl groups is 1. The van der Waals surface area contributed by atoms with Crippen LogP contribution >= 0.6 is 11.8 Å². The first kappa shape index (κ1) is 25.1. The summed E-state index contributed by atoms with van der Waals surface area (Å²) in [6, 6.07) is 16.0. The molecule has 186 valence electrons. The van der Waals surface area contributed by atoms with E-state index >= 15 is 0 Å². The number of carbonyl (C=O) groups excluding carboxylic acids is 1. The van der Waals surface area contributed by atoms with Gasteiger partial charge in [0, 0.05) is 24.0 Å². The van der Waals surface area contributed by atoms with Crippen molar-refractivity contribution in [1.29, 1.82) is 5.41 Å². The predicted octanol–water partition coefficient (Wildman–Crippen LogP) is 4.62. The van der Waals surface area contributed by atoms with Crippen LogP contribution in [0.5, 0.6) is 5.75 Å². The molecule has 1 atom stereocenters. The highest BCUT2D eigenvalue weighted by Crippen LogP contribution is 2.33. The smallest absolute Gasteiger partial charge is 0.276 e. The van der Waals surface area contributed by atoms with Crippen molar-refractivity contribution in [3.63, 3.8) is 0 Å². The third kappa shape index (κ3) is 6.18. The molecule has 0 radical (unpaired) electrons. The summed E-state index contributed by atoms with van der Waals surface area (Å²) in [6.45, 7) is 8.43. The summed E-state index contributed by atoms with van der Waals surface area (Å²) >= 11 is 1.39. The summed E-state index contributed by atoms with van der Waals surface area (Å²) in [5, 5.41) is 24.0. The van der Waals surface area contributed by atoms with Gasteiger partial charge in [0.1, 0.15) is 11.3 Å². The quantitative estimate of drug-likeness (QED) is 0.332. The molecule has 2 aliphatic heterocycles. The molecule has 0 aromatic heterocycles. The molecule has 2 heterocycles. The first-order chi connectivity index (χ1) is 16.6. The van der Waals surface area contributed by atoms with Crippen molar-refractivity contribution < 1.29 is 9.90 Å². The van der Waals surface area contributed by atoms with Gasteiger partial charge < -0.3 is 10.4 Å². The van der Waals surface area contributed by atoms with Gasteiger partial charge in [0.2, 0.25) is 0 Å². The number of rotatable bonds is 7. The first-order valence-corrected chi connectivity index (χ1v) is 12.8. The second-order valence-electron chi connectivity index (χ2n) is 10.5. The van der Waals surface area contributed by atoms with E-state index in [1.807, 2.05) is 0 Å². The van der Waals surface area contributed by atoms with Gasteiger partial charge in [-0.05, 0) is 67.2 Å². The monoisotopic (exact) mass is 493 g/mol. The Morgan fingerprint density at radius 1 is 1.17 bits per heavy atom. The van der Waals surface area contributed by atoms with E-state index in [9.17, 15) is 9.90 Å². The zero-order chi connectivity index (χ0) is 25.2. The van der Waals surface area contributed by atoms with Gasteiger partial charge >= 0.3 is 0 Å². The maximum absolute atomic E-state index is 13.0. The lowest BCUT2D eigenvalue weighted by atomic mass is 9.96. The number of thioether (sulfide) groups is 1. The van der Waals surface area contributed by atoms with E-state index in [-0.39, 0.29) is 22.9 Å². The summed E-state index contributed by atoms with van der Waals surface area (Å²) in [5.74, 6) is 0.0678. The van der Waals surface area contributed by atoms with Gasteiger partial charge in [0.05, 0.1) is 5.03 Å². The third-order valence-electron chi connectivity index (χ3n) is 6.22. The van der Waals surface area contributed by atoms with Crippen molar-refractivity contribution in [2.75, 3.05) is 20.1 Å². The number of hydrazine groups is 1. The molecule has 1 unspecified atom stereocenters. The molecule has 35 heavy (non-hydrogen) atoms. The number of phenols is 1. The number of amides is 1. The zero-order valence-electron chi connectivity index (χ0n) is 20.9. The number of hydrogen-bond acceptors (Lipinski definition) is 6. The zero-order valence-corrected chi connectivity index (χ0v) is 21.7. The van der Waals surface area contributed by atoms with E-state index in [4.69, 9.17) is 5.41 Å². The van der Waals surface area contributed by atoms with Gasteiger partial charge in [-0.3, -0.25) is 25.5 Å². The number of hydrogen-bond donors (Lipinski definition) is 4. The van der Waals surface area contributed by atoms with Gasteiger partial charge in [0.15, 0.2) is 5.84 Å². The van der Waals surface area contributed by atoms with E-state index in [0.717, 1.165) is 17.0 Å². The lowest BCUT2D eigenvalue weighted by Crippen LogP contribution is -2.41. The van der Waals surface area contributed by atoms with Gasteiger partial charge in [-0.2, -0.15) is 0 Å². The van der Waals surface area contributed by atoms with Crippen LogP contribution in [0.15, 0.2) is 64.0 Å². The molecule has 0 bridgehead atoms. The van der Waals surface area contributed by atoms with E-state index in [2.05, 4.69) is 67.7 Å². The van der Waals surface area contributed by atoms with Crippen molar-refractivity contribution >= 4 is 23.5 Å². The highest BCUT2D eigenvalue weighted by Gasteiger charge is 2.35. The topological polar surface area (TPSA) is 91.7 Å². The molecule has 4 N–H and O–H groups in total. The van der Waals surface area contributed by atoms with E-state index in [0.29, 0.717) is 29.7 Å². The maximum Gasteiger partial charge on any atom is 0.276 e. The minimum absolute atomic E-state index is 0.0815. The van der Waals surface area contributed by atoms with E-state index < -0.39 is 0 Å². The summed E-state index contributed by atoms with van der Waals surface area (Å²) in [7, 11) is 2.18. The van der Waals surface area contributed by atoms with Crippen molar-refractivity contribution in [1.82, 2.24) is 20.7 Å². The van der Waals surface area contributed by atoms with Crippen LogP contribution in [-0.4, -0.2) is 46.9 Å². The molecule has 2 aromatic carbocycles. The molecule has 1 amide bonds. The summed E-state index contributed by atoms with van der Waals surface area (Å²) < 4.78 is 0. The minimum Gasteiger partial charge on any atom is -0.508 e. The van der Waals surface area contributed by atoms with Gasteiger partial charge in [-0.1, -0.05) is 56.8 Å². The largest absolute Gasteiger partial charge is 0.508 e. The Balaban J connectivity index is 1.56. The van der Waals surface area contributed by atoms with Crippen LogP contribution in [-0.2, 0) is 11.3 Å². The molecular formula is C27H35N5O2S. The fraction of sp³-hybridized carbons (Fsp3) is 0.407. The molecule has 7 nitrogen and oxygen atoms in total. The lowest BCUT2D eigenvalue weighted by molar-refractivity contribution is -0.118. The minimum atomic E-state index is -0.285. The molecule has 2 aliphatic rings. The second-order valence-corrected chi connectivity index (χ2v) is 11.6. The Morgan fingerprint density at radius 2 is 1.86 bits per heavy atom. The normalized spacial score (nSPS) is 20.3. The fourth-order valence-electron chi connectivity index (χ4n) is 4.46. The number of amidine groups is 1. The number of nitrogens with one attached hydrogen (secondary N) is 3. The average molecular weight is 494 g/mol. The molecule has 2 saturated heterocycles. The maximum atomic E-state index is 13.0. The van der Waals surface area contributed by atoms with Gasteiger partial charge in [-0.15, -0.1) is 0 Å². The summed E-state index contributed by atoms with van der Waals surface area (Å²) in [6.07, 6.45) is 2.42. The third-order valence-corrected chi connectivity index (χ3v) is 7.28. The van der Waals surface area contributed by atoms with Crippen LogP contribution < -0.4 is 10.7 Å². The van der Waals surface area contributed by atoms with Crippen LogP contribution in [0.25, 0.3) is 0 Å². The number of phenolic OH excluding ortho intramolecular Hbond substituents is 1. The predicted molar refractivity (Wildman–Crippen MR) is 141 cm³/mol. The Kier molecular flexibility index (Phi) is 7.42. The Hall–Kier alpha value is -2.97. The summed E-state index contributed by atoms with van der Waals surface area (Å²) in [5.41, 5.74) is 5.53. The van der Waals surface area contributed by atoms with Gasteiger partial charge in [-0.25, -0.2) is 0 Å². The molecular weight excluding hydrogens is 458 g/mol. The second kappa shape index (κ2) is 10.3. The lowest BCUT2D eigenvalue weighted by Gasteiger charge is -2.26. The van der Waals surface area contributed by atoms with Crippen molar-refractivity contribution in [2.45, 2.75) is 51.1 Å². The Morgan fingerprint density at radius 3 is 2.46 bits per heavy atom. The SMILES string of the molecule is CN1CCCC1c1ccc(CN/C(Sc2ccc(O)cc2)=C2\C(=N)N(CC(C)(C)C)NC2=O)cc1. The molecule has 4 rings (SSSR count). The molecule has 8 heteroatoms. The van der Waals surface area contributed by atoms with Crippen LogP contribution in [0.4, 0.5) is 0 Å².